The second-order valence-corrected chi connectivity index (χ2v) is 8.84. The summed E-state index contributed by atoms with van der Waals surface area (Å²) >= 11 is 0. The molecule has 0 saturated carbocycles. The van der Waals surface area contributed by atoms with Gasteiger partial charge in [0.1, 0.15) is 19.7 Å². The van der Waals surface area contributed by atoms with Crippen LogP contribution in [0.3, 0.4) is 0 Å². The summed E-state index contributed by atoms with van der Waals surface area (Å²) in [5.74, 6) is 0.293. The Labute approximate surface area is 198 Å². The molecule has 1 N–H and O–H groups in total. The molecule has 0 bridgehead atoms. The first-order valence-corrected chi connectivity index (χ1v) is 11.5. The summed E-state index contributed by atoms with van der Waals surface area (Å²) in [6.07, 6.45) is 2.58. The SMILES string of the molecule is [B]c1cnc(C#N)nc1N(CC(C)C)NC(=O)c1ccc(CN2CCN(CCC)CC2)cc1. The number of aromatic nitrogens is 2. The summed E-state index contributed by atoms with van der Waals surface area (Å²) in [4.78, 5) is 26.0. The average molecular weight is 445 g/mol. The zero-order valence-electron chi connectivity index (χ0n) is 19.8. The molecule has 1 fully saturated rings. The topological polar surface area (TPSA) is 88.4 Å². The molecule has 3 rings (SSSR count). The maximum atomic E-state index is 13.0. The molecule has 33 heavy (non-hydrogen) atoms. The summed E-state index contributed by atoms with van der Waals surface area (Å²) in [6, 6.07) is 9.61. The monoisotopic (exact) mass is 445 g/mol. The normalized spacial score (nSPS) is 14.8. The maximum absolute atomic E-state index is 13.0. The quantitative estimate of drug-likeness (QED) is 0.462. The molecule has 2 radical (unpaired) electrons. The lowest BCUT2D eigenvalue weighted by molar-refractivity contribution is 0.0947. The zero-order valence-corrected chi connectivity index (χ0v) is 19.8. The lowest BCUT2D eigenvalue weighted by Crippen LogP contribution is -2.47. The van der Waals surface area contributed by atoms with Crippen LogP contribution in [0.25, 0.3) is 0 Å². The van der Waals surface area contributed by atoms with Crippen LogP contribution in [0.1, 0.15) is 48.9 Å². The van der Waals surface area contributed by atoms with Crippen molar-refractivity contribution in [1.82, 2.24) is 25.2 Å². The first kappa shape index (κ1) is 24.7. The molecule has 172 valence electrons. The number of benzene rings is 1. The summed E-state index contributed by atoms with van der Waals surface area (Å²) in [5.41, 5.74) is 4.92. The molecule has 0 unspecified atom stereocenters. The van der Waals surface area contributed by atoms with Gasteiger partial charge in [0.05, 0.1) is 0 Å². The van der Waals surface area contributed by atoms with E-state index >= 15 is 0 Å². The fourth-order valence-electron chi connectivity index (χ4n) is 3.90. The van der Waals surface area contributed by atoms with Crippen LogP contribution in [0.5, 0.6) is 0 Å². The Bertz CT molecular complexity index is 966. The Morgan fingerprint density at radius 2 is 1.88 bits per heavy atom. The molecule has 0 spiro atoms. The molecule has 8 nitrogen and oxygen atoms in total. The molecule has 2 heterocycles. The van der Waals surface area contributed by atoms with Gasteiger partial charge in [-0.3, -0.25) is 20.1 Å². The Hall–Kier alpha value is -2.96. The summed E-state index contributed by atoms with van der Waals surface area (Å²) in [5, 5.41) is 10.7. The smallest absolute Gasteiger partial charge is 0.269 e. The lowest BCUT2D eigenvalue weighted by atomic mass is 9.98. The van der Waals surface area contributed by atoms with Gasteiger partial charge in [-0.1, -0.05) is 32.9 Å². The third kappa shape index (κ3) is 7.01. The number of piperazine rings is 1. The highest BCUT2D eigenvalue weighted by atomic mass is 16.2. The highest BCUT2D eigenvalue weighted by molar-refractivity contribution is 6.35. The van der Waals surface area contributed by atoms with Gasteiger partial charge < -0.3 is 4.90 Å². The highest BCUT2D eigenvalue weighted by Crippen LogP contribution is 2.12. The number of nitrogens with one attached hydrogen (secondary N) is 1. The van der Waals surface area contributed by atoms with Crippen molar-refractivity contribution in [2.24, 2.45) is 5.92 Å². The van der Waals surface area contributed by atoms with E-state index in [-0.39, 0.29) is 17.6 Å². The Kier molecular flexibility index (Phi) is 8.81. The van der Waals surface area contributed by atoms with E-state index in [0.717, 1.165) is 32.7 Å². The van der Waals surface area contributed by atoms with E-state index in [9.17, 15) is 4.79 Å². The molecule has 1 amide bonds. The molecule has 1 aliphatic rings. The van der Waals surface area contributed by atoms with Crippen molar-refractivity contribution in [3.63, 3.8) is 0 Å². The van der Waals surface area contributed by atoms with Gasteiger partial charge in [0.2, 0.25) is 5.82 Å². The van der Waals surface area contributed by atoms with Crippen LogP contribution < -0.4 is 15.9 Å². The van der Waals surface area contributed by atoms with Crippen molar-refractivity contribution in [2.75, 3.05) is 44.3 Å². The fraction of sp³-hybridized carbons (Fsp3) is 0.500. The molecule has 9 heteroatoms. The molecular weight excluding hydrogens is 413 g/mol. The van der Waals surface area contributed by atoms with Crippen LogP contribution in [0.4, 0.5) is 5.82 Å². The second-order valence-electron chi connectivity index (χ2n) is 8.84. The number of amides is 1. The molecule has 1 aromatic carbocycles. The van der Waals surface area contributed by atoms with Gasteiger partial charge in [-0.05, 0) is 42.0 Å². The van der Waals surface area contributed by atoms with E-state index in [1.807, 2.05) is 44.2 Å². The fourth-order valence-corrected chi connectivity index (χ4v) is 3.90. The standard InChI is InChI=1S/C24H32BN7O/c1-4-9-30-10-12-31(13-11-30)17-19-5-7-20(8-6-19)24(33)29-32(16-18(2)3)23-21(25)15-27-22(14-26)28-23/h5-8,15,18H,4,9-13,16-17H2,1-3H3,(H,29,33). The molecule has 1 aliphatic heterocycles. The van der Waals surface area contributed by atoms with Crippen molar-refractivity contribution in [2.45, 2.75) is 33.7 Å². The number of hydrogen-bond donors (Lipinski definition) is 1. The molecular formula is C24H32BN7O. The molecule has 1 aromatic heterocycles. The van der Waals surface area contributed by atoms with E-state index < -0.39 is 0 Å². The van der Waals surface area contributed by atoms with Crippen LogP contribution in [-0.4, -0.2) is 72.8 Å². The van der Waals surface area contributed by atoms with Gasteiger partial charge in [0.15, 0.2) is 0 Å². The summed E-state index contributed by atoms with van der Waals surface area (Å²) in [7, 11) is 6.03. The van der Waals surface area contributed by atoms with Crippen molar-refractivity contribution in [3.05, 3.63) is 47.4 Å². The third-order valence-corrected chi connectivity index (χ3v) is 5.56. The van der Waals surface area contributed by atoms with Crippen molar-refractivity contribution < 1.29 is 4.79 Å². The third-order valence-electron chi connectivity index (χ3n) is 5.56. The van der Waals surface area contributed by atoms with Gasteiger partial charge >= 0.3 is 0 Å². The van der Waals surface area contributed by atoms with Crippen molar-refractivity contribution in [1.29, 1.82) is 5.26 Å². The Balaban J connectivity index is 1.64. The Morgan fingerprint density at radius 3 is 2.48 bits per heavy atom. The van der Waals surface area contributed by atoms with Crippen molar-refractivity contribution >= 4 is 25.0 Å². The minimum atomic E-state index is -0.258. The largest absolute Gasteiger partial charge is 0.301 e. The number of anilines is 1. The minimum Gasteiger partial charge on any atom is -0.301 e. The zero-order chi connectivity index (χ0) is 23.8. The van der Waals surface area contributed by atoms with E-state index in [0.29, 0.717) is 23.4 Å². The van der Waals surface area contributed by atoms with Gasteiger partial charge in [-0.2, -0.15) is 5.26 Å². The van der Waals surface area contributed by atoms with Crippen LogP contribution >= 0.6 is 0 Å². The predicted octanol–water partition coefficient (Wildman–Crippen LogP) is 1.48. The Morgan fingerprint density at radius 1 is 1.21 bits per heavy atom. The first-order valence-electron chi connectivity index (χ1n) is 11.5. The van der Waals surface area contributed by atoms with Gasteiger partial charge in [-0.25, -0.2) is 9.97 Å². The van der Waals surface area contributed by atoms with Crippen LogP contribution in [-0.2, 0) is 6.54 Å². The molecule has 2 aromatic rings. The highest BCUT2D eigenvalue weighted by Gasteiger charge is 2.19. The number of hydrogen-bond acceptors (Lipinski definition) is 7. The van der Waals surface area contributed by atoms with Crippen LogP contribution in [0.15, 0.2) is 30.5 Å². The first-order chi connectivity index (χ1) is 15.9. The van der Waals surface area contributed by atoms with Gasteiger partial charge in [-0.15, -0.1) is 0 Å². The number of rotatable bonds is 9. The lowest BCUT2D eigenvalue weighted by Gasteiger charge is -2.34. The number of carbonyl (C=O) groups is 1. The summed E-state index contributed by atoms with van der Waals surface area (Å²) < 4.78 is 0. The van der Waals surface area contributed by atoms with E-state index in [4.69, 9.17) is 13.1 Å². The van der Waals surface area contributed by atoms with E-state index in [2.05, 4.69) is 32.1 Å². The van der Waals surface area contributed by atoms with Crippen LogP contribution in [0, 0.1) is 17.2 Å². The molecule has 0 atom stereocenters. The molecule has 0 aliphatic carbocycles. The molecule has 1 saturated heterocycles. The van der Waals surface area contributed by atoms with Gasteiger partial charge in [0, 0.05) is 51.0 Å². The van der Waals surface area contributed by atoms with E-state index in [1.54, 1.807) is 5.01 Å². The number of carbonyl (C=O) groups excluding carboxylic acids is 1. The van der Waals surface area contributed by atoms with E-state index in [1.165, 1.54) is 24.7 Å². The average Bonchev–Trinajstić information content (AvgIpc) is 2.80. The minimum absolute atomic E-state index is 0.00193. The number of nitriles is 1. The van der Waals surface area contributed by atoms with Crippen molar-refractivity contribution in [3.8, 4) is 6.07 Å². The number of nitrogens with zero attached hydrogens (tertiary/aromatic N) is 6. The maximum Gasteiger partial charge on any atom is 0.269 e. The van der Waals surface area contributed by atoms with Gasteiger partial charge in [0.25, 0.3) is 5.91 Å². The summed E-state index contributed by atoms with van der Waals surface area (Å²) in [6.45, 7) is 13.2. The second kappa shape index (κ2) is 11.8. The predicted molar refractivity (Wildman–Crippen MR) is 130 cm³/mol. The van der Waals surface area contributed by atoms with Crippen LogP contribution in [0.2, 0.25) is 0 Å². The number of hydrazine groups is 1.